The van der Waals surface area contributed by atoms with Crippen LogP contribution in [0.1, 0.15) is 12.8 Å². The van der Waals surface area contributed by atoms with Gasteiger partial charge in [-0.3, -0.25) is 9.69 Å². The van der Waals surface area contributed by atoms with Gasteiger partial charge >= 0.3 is 0 Å². The van der Waals surface area contributed by atoms with Crippen molar-refractivity contribution in [2.45, 2.75) is 12.8 Å². The summed E-state index contributed by atoms with van der Waals surface area (Å²) in [6, 6.07) is 0. The quantitative estimate of drug-likeness (QED) is 0.628. The van der Waals surface area contributed by atoms with E-state index in [-0.39, 0.29) is 5.91 Å². The lowest BCUT2D eigenvalue weighted by atomic mass is 10.4. The average molecular weight is 185 g/mol. The molecule has 0 radical (unpaired) electrons. The standard InChI is InChI=1S/C9H19N3O/c1-11(8-9(10)13)6-7-12-4-2-3-5-12/h2-8H2,1H3,(H2,10,13). The van der Waals surface area contributed by atoms with Gasteiger partial charge in [0.1, 0.15) is 0 Å². The number of nitrogens with two attached hydrogens (primary N) is 1. The Morgan fingerprint density at radius 3 is 2.62 bits per heavy atom. The zero-order valence-corrected chi connectivity index (χ0v) is 8.33. The maximum absolute atomic E-state index is 10.6. The van der Waals surface area contributed by atoms with Gasteiger partial charge in [0.2, 0.25) is 5.91 Å². The topological polar surface area (TPSA) is 49.6 Å². The Morgan fingerprint density at radius 1 is 1.46 bits per heavy atom. The molecule has 1 heterocycles. The van der Waals surface area contributed by atoms with E-state index in [9.17, 15) is 4.79 Å². The summed E-state index contributed by atoms with van der Waals surface area (Å²) in [5.74, 6) is -0.246. The third kappa shape index (κ3) is 4.24. The molecule has 2 N–H and O–H groups in total. The summed E-state index contributed by atoms with van der Waals surface area (Å²) < 4.78 is 0. The minimum Gasteiger partial charge on any atom is -0.369 e. The average Bonchev–Trinajstić information content (AvgIpc) is 2.51. The fourth-order valence-electron chi connectivity index (χ4n) is 1.66. The molecule has 1 fully saturated rings. The van der Waals surface area contributed by atoms with Gasteiger partial charge in [0.05, 0.1) is 6.54 Å². The van der Waals surface area contributed by atoms with E-state index >= 15 is 0 Å². The number of hydrogen-bond donors (Lipinski definition) is 1. The number of rotatable bonds is 5. The molecule has 0 unspecified atom stereocenters. The van der Waals surface area contributed by atoms with Gasteiger partial charge in [0.15, 0.2) is 0 Å². The maximum atomic E-state index is 10.6. The molecule has 1 saturated heterocycles. The van der Waals surface area contributed by atoms with Crippen LogP contribution in [-0.4, -0.2) is 55.5 Å². The lowest BCUT2D eigenvalue weighted by molar-refractivity contribution is -0.118. The first-order valence-electron chi connectivity index (χ1n) is 4.87. The monoisotopic (exact) mass is 185 g/mol. The fraction of sp³-hybridized carbons (Fsp3) is 0.889. The molecule has 1 aliphatic rings. The van der Waals surface area contributed by atoms with Gasteiger partial charge in [-0.2, -0.15) is 0 Å². The van der Waals surface area contributed by atoms with Crippen LogP contribution in [0.5, 0.6) is 0 Å². The Hall–Kier alpha value is -0.610. The molecule has 1 amide bonds. The van der Waals surface area contributed by atoms with E-state index < -0.39 is 0 Å². The Bertz CT molecular complexity index is 166. The molecule has 0 aliphatic carbocycles. The van der Waals surface area contributed by atoms with Crippen molar-refractivity contribution in [1.82, 2.24) is 9.80 Å². The number of likely N-dealkylation sites (tertiary alicyclic amines) is 1. The highest BCUT2D eigenvalue weighted by atomic mass is 16.1. The van der Waals surface area contributed by atoms with E-state index in [0.717, 1.165) is 13.1 Å². The Morgan fingerprint density at radius 2 is 2.08 bits per heavy atom. The van der Waals surface area contributed by atoms with Crippen LogP contribution in [0.15, 0.2) is 0 Å². The number of carbonyl (C=O) groups excluding carboxylic acids is 1. The van der Waals surface area contributed by atoms with Crippen LogP contribution in [0.4, 0.5) is 0 Å². The van der Waals surface area contributed by atoms with Crippen molar-refractivity contribution in [2.75, 3.05) is 39.8 Å². The van der Waals surface area contributed by atoms with Gasteiger partial charge in [0.25, 0.3) is 0 Å². The van der Waals surface area contributed by atoms with Gasteiger partial charge in [-0.1, -0.05) is 0 Å². The molecule has 4 nitrogen and oxygen atoms in total. The minimum absolute atomic E-state index is 0.246. The second-order valence-corrected chi connectivity index (χ2v) is 3.75. The van der Waals surface area contributed by atoms with Crippen LogP contribution in [-0.2, 0) is 4.79 Å². The van der Waals surface area contributed by atoms with Crippen molar-refractivity contribution in [1.29, 1.82) is 0 Å². The maximum Gasteiger partial charge on any atom is 0.231 e. The van der Waals surface area contributed by atoms with Crippen LogP contribution < -0.4 is 5.73 Å². The fourth-order valence-corrected chi connectivity index (χ4v) is 1.66. The van der Waals surface area contributed by atoms with E-state index in [2.05, 4.69) is 4.90 Å². The van der Waals surface area contributed by atoms with Gasteiger partial charge < -0.3 is 10.6 Å². The predicted octanol–water partition coefficient (Wildman–Crippen LogP) is -0.501. The van der Waals surface area contributed by atoms with Crippen molar-refractivity contribution >= 4 is 5.91 Å². The van der Waals surface area contributed by atoms with Crippen molar-refractivity contribution in [2.24, 2.45) is 5.73 Å². The molecule has 76 valence electrons. The molecule has 0 spiro atoms. The zero-order valence-electron chi connectivity index (χ0n) is 8.33. The van der Waals surface area contributed by atoms with E-state index in [1.54, 1.807) is 0 Å². The predicted molar refractivity (Wildman–Crippen MR) is 52.4 cm³/mol. The second kappa shape index (κ2) is 5.19. The molecule has 0 aromatic heterocycles. The number of carbonyl (C=O) groups is 1. The van der Waals surface area contributed by atoms with Crippen LogP contribution >= 0.6 is 0 Å². The number of primary amides is 1. The van der Waals surface area contributed by atoms with Crippen molar-refractivity contribution in [3.63, 3.8) is 0 Å². The van der Waals surface area contributed by atoms with Gasteiger partial charge in [0, 0.05) is 13.1 Å². The first-order valence-corrected chi connectivity index (χ1v) is 4.87. The SMILES string of the molecule is CN(CCN1CCCC1)CC(N)=O. The molecule has 0 aromatic rings. The Kier molecular flexibility index (Phi) is 4.18. The third-order valence-corrected chi connectivity index (χ3v) is 2.42. The summed E-state index contributed by atoms with van der Waals surface area (Å²) >= 11 is 0. The summed E-state index contributed by atoms with van der Waals surface area (Å²) in [5.41, 5.74) is 5.08. The van der Waals surface area contributed by atoms with Crippen LogP contribution in [0.2, 0.25) is 0 Å². The van der Waals surface area contributed by atoms with E-state index in [1.165, 1.54) is 25.9 Å². The minimum atomic E-state index is -0.246. The lowest BCUT2D eigenvalue weighted by Crippen LogP contribution is -2.36. The van der Waals surface area contributed by atoms with Crippen molar-refractivity contribution < 1.29 is 4.79 Å². The highest BCUT2D eigenvalue weighted by Crippen LogP contribution is 2.06. The number of nitrogens with zero attached hydrogens (tertiary/aromatic N) is 2. The van der Waals surface area contributed by atoms with Gasteiger partial charge in [-0.15, -0.1) is 0 Å². The largest absolute Gasteiger partial charge is 0.369 e. The van der Waals surface area contributed by atoms with E-state index in [4.69, 9.17) is 5.73 Å². The Labute approximate surface area is 79.7 Å². The van der Waals surface area contributed by atoms with Crippen LogP contribution in [0.3, 0.4) is 0 Å². The van der Waals surface area contributed by atoms with E-state index in [1.807, 2.05) is 11.9 Å². The van der Waals surface area contributed by atoms with Crippen molar-refractivity contribution in [3.8, 4) is 0 Å². The lowest BCUT2D eigenvalue weighted by Gasteiger charge is -2.19. The highest BCUT2D eigenvalue weighted by molar-refractivity contribution is 5.75. The molecule has 0 bridgehead atoms. The molecule has 1 rings (SSSR count). The summed E-state index contributed by atoms with van der Waals surface area (Å²) in [4.78, 5) is 15.0. The number of likely N-dealkylation sites (N-methyl/N-ethyl adjacent to an activating group) is 1. The van der Waals surface area contributed by atoms with Crippen LogP contribution in [0.25, 0.3) is 0 Å². The molecule has 0 aromatic carbocycles. The molecule has 4 heteroatoms. The molecule has 1 aliphatic heterocycles. The highest BCUT2D eigenvalue weighted by Gasteiger charge is 2.11. The summed E-state index contributed by atoms with van der Waals surface area (Å²) in [7, 11) is 1.93. The summed E-state index contributed by atoms with van der Waals surface area (Å²) in [6.45, 7) is 4.79. The number of hydrogen-bond acceptors (Lipinski definition) is 3. The molecule has 13 heavy (non-hydrogen) atoms. The molecular weight excluding hydrogens is 166 g/mol. The normalized spacial score (nSPS) is 18.3. The van der Waals surface area contributed by atoms with E-state index in [0.29, 0.717) is 6.54 Å². The molecular formula is C9H19N3O. The van der Waals surface area contributed by atoms with Crippen LogP contribution in [0, 0.1) is 0 Å². The third-order valence-electron chi connectivity index (χ3n) is 2.42. The molecule has 0 atom stereocenters. The van der Waals surface area contributed by atoms with Gasteiger partial charge in [-0.25, -0.2) is 0 Å². The Balaban J connectivity index is 2.06. The zero-order chi connectivity index (χ0) is 9.68. The first kappa shape index (κ1) is 10.5. The summed E-state index contributed by atoms with van der Waals surface area (Å²) in [6.07, 6.45) is 2.64. The number of amides is 1. The summed E-state index contributed by atoms with van der Waals surface area (Å²) in [5, 5.41) is 0. The first-order chi connectivity index (χ1) is 6.18. The smallest absolute Gasteiger partial charge is 0.231 e. The second-order valence-electron chi connectivity index (χ2n) is 3.75. The van der Waals surface area contributed by atoms with Crippen molar-refractivity contribution in [3.05, 3.63) is 0 Å². The van der Waals surface area contributed by atoms with Gasteiger partial charge in [-0.05, 0) is 33.0 Å². The molecule has 0 saturated carbocycles.